The number of piperidine rings is 1. The number of carbonyl (C=O) groups is 1. The molecule has 7 heteroatoms. The van der Waals surface area contributed by atoms with E-state index < -0.39 is 12.1 Å². The van der Waals surface area contributed by atoms with Crippen LogP contribution in [-0.4, -0.2) is 36.6 Å². The van der Waals surface area contributed by atoms with Crippen LogP contribution in [0.5, 0.6) is 0 Å². The Morgan fingerprint density at radius 1 is 1.47 bits per heavy atom. The quantitative estimate of drug-likeness (QED) is 0.447. The summed E-state index contributed by atoms with van der Waals surface area (Å²) < 4.78 is 37.5. The lowest BCUT2D eigenvalue weighted by Crippen LogP contribution is -2.42. The van der Waals surface area contributed by atoms with E-state index in [1.54, 1.807) is 4.90 Å². The predicted molar refractivity (Wildman–Crippen MR) is 56.8 cm³/mol. The molecular weight excluding hydrogens is 235 g/mol. The summed E-state index contributed by atoms with van der Waals surface area (Å²) in [5, 5.41) is 0. The Bertz CT molecular complexity index is 258. The third-order valence-corrected chi connectivity index (χ3v) is 3.01. The van der Waals surface area contributed by atoms with Crippen LogP contribution in [0.25, 0.3) is 0 Å². The molecule has 0 saturated carbocycles. The molecule has 1 unspecified atom stereocenters. The van der Waals surface area contributed by atoms with Crippen molar-refractivity contribution in [1.82, 2.24) is 10.3 Å². The maximum atomic E-state index is 12.5. The molecule has 0 bridgehead atoms. The fourth-order valence-corrected chi connectivity index (χ4v) is 2.06. The molecule has 1 atom stereocenters. The van der Waals surface area contributed by atoms with Gasteiger partial charge >= 0.3 is 6.18 Å². The Hall–Kier alpha value is -0.820. The summed E-state index contributed by atoms with van der Waals surface area (Å²) in [6.07, 6.45) is -2.54. The van der Waals surface area contributed by atoms with Gasteiger partial charge in [0.05, 0.1) is 5.92 Å². The van der Waals surface area contributed by atoms with E-state index in [4.69, 9.17) is 5.84 Å². The van der Waals surface area contributed by atoms with Gasteiger partial charge in [-0.2, -0.15) is 13.2 Å². The van der Waals surface area contributed by atoms with Crippen LogP contribution in [0.4, 0.5) is 13.2 Å². The first-order valence-corrected chi connectivity index (χ1v) is 5.72. The minimum atomic E-state index is -4.10. The second kappa shape index (κ2) is 6.20. The molecule has 4 nitrogen and oxygen atoms in total. The number of amides is 1. The van der Waals surface area contributed by atoms with Crippen LogP contribution in [0.15, 0.2) is 0 Å². The molecule has 1 fully saturated rings. The Balaban J connectivity index is 2.28. The minimum absolute atomic E-state index is 0.0493. The summed E-state index contributed by atoms with van der Waals surface area (Å²) in [6.45, 7) is 1.24. The van der Waals surface area contributed by atoms with Crippen molar-refractivity contribution in [2.75, 3.05) is 19.6 Å². The van der Waals surface area contributed by atoms with Gasteiger partial charge in [-0.05, 0) is 32.4 Å². The van der Waals surface area contributed by atoms with Crippen molar-refractivity contribution < 1.29 is 18.0 Å². The average Bonchev–Trinajstić information content (AvgIpc) is 2.28. The van der Waals surface area contributed by atoms with Crippen molar-refractivity contribution in [3.63, 3.8) is 0 Å². The number of halogens is 3. The molecule has 0 aromatic rings. The zero-order chi connectivity index (χ0) is 12.9. The van der Waals surface area contributed by atoms with E-state index in [-0.39, 0.29) is 25.3 Å². The molecule has 100 valence electrons. The Kier molecular flexibility index (Phi) is 5.20. The summed E-state index contributed by atoms with van der Waals surface area (Å²) in [5.41, 5.74) is 2.00. The molecule has 1 heterocycles. The van der Waals surface area contributed by atoms with E-state index in [1.807, 2.05) is 5.43 Å². The molecule has 1 rings (SSSR count). The number of hydrogen-bond donors (Lipinski definition) is 2. The zero-order valence-electron chi connectivity index (χ0n) is 9.59. The summed E-state index contributed by atoms with van der Waals surface area (Å²) in [5.74, 6) is 3.40. The molecule has 17 heavy (non-hydrogen) atoms. The lowest BCUT2D eigenvalue weighted by molar-refractivity contribution is -0.186. The fourth-order valence-electron chi connectivity index (χ4n) is 2.06. The van der Waals surface area contributed by atoms with Gasteiger partial charge in [0.2, 0.25) is 5.91 Å². The van der Waals surface area contributed by atoms with E-state index in [2.05, 4.69) is 0 Å². The van der Waals surface area contributed by atoms with Crippen molar-refractivity contribution in [3.8, 4) is 0 Å². The van der Waals surface area contributed by atoms with Gasteiger partial charge in [0, 0.05) is 13.0 Å². The molecule has 0 aromatic carbocycles. The smallest absolute Gasteiger partial charge is 0.303 e. The van der Waals surface area contributed by atoms with Crippen molar-refractivity contribution in [3.05, 3.63) is 0 Å². The Morgan fingerprint density at radius 2 is 2.18 bits per heavy atom. The van der Waals surface area contributed by atoms with Crippen LogP contribution in [0.3, 0.4) is 0 Å². The Labute approximate surface area is 98.3 Å². The third kappa shape index (κ3) is 4.91. The van der Waals surface area contributed by atoms with Crippen molar-refractivity contribution in [2.45, 2.75) is 31.9 Å². The van der Waals surface area contributed by atoms with Gasteiger partial charge in [0.1, 0.15) is 0 Å². The SMILES string of the molecule is NNC(=O)CCCN1CCCC(C(F)(F)F)C1. The van der Waals surface area contributed by atoms with Gasteiger partial charge < -0.3 is 4.90 Å². The second-order valence-electron chi connectivity index (χ2n) is 4.35. The molecular formula is C10H18F3N3O. The van der Waals surface area contributed by atoms with Crippen LogP contribution >= 0.6 is 0 Å². The lowest BCUT2D eigenvalue weighted by Gasteiger charge is -2.33. The topological polar surface area (TPSA) is 58.4 Å². The minimum Gasteiger partial charge on any atom is -0.303 e. The first-order valence-electron chi connectivity index (χ1n) is 5.72. The number of hydrogen-bond acceptors (Lipinski definition) is 3. The first kappa shape index (κ1) is 14.2. The van der Waals surface area contributed by atoms with Crippen molar-refractivity contribution >= 4 is 5.91 Å². The number of likely N-dealkylation sites (tertiary alicyclic amines) is 1. The monoisotopic (exact) mass is 253 g/mol. The number of nitrogens with two attached hydrogens (primary N) is 1. The second-order valence-corrected chi connectivity index (χ2v) is 4.35. The molecule has 0 spiro atoms. The lowest BCUT2D eigenvalue weighted by atomic mass is 9.97. The van der Waals surface area contributed by atoms with Gasteiger partial charge in [-0.1, -0.05) is 0 Å². The molecule has 1 aliphatic rings. The highest BCUT2D eigenvalue weighted by Gasteiger charge is 2.41. The largest absolute Gasteiger partial charge is 0.393 e. The van der Waals surface area contributed by atoms with Gasteiger partial charge in [0.25, 0.3) is 0 Å². The predicted octanol–water partition coefficient (Wildman–Crippen LogP) is 1.03. The molecule has 0 aliphatic carbocycles. The number of nitrogens with one attached hydrogen (secondary N) is 1. The fraction of sp³-hybridized carbons (Fsp3) is 0.900. The van der Waals surface area contributed by atoms with Gasteiger partial charge in [-0.15, -0.1) is 0 Å². The van der Waals surface area contributed by atoms with E-state index in [0.29, 0.717) is 25.9 Å². The van der Waals surface area contributed by atoms with Crippen molar-refractivity contribution in [2.24, 2.45) is 11.8 Å². The van der Waals surface area contributed by atoms with E-state index in [0.717, 1.165) is 0 Å². The maximum absolute atomic E-state index is 12.5. The third-order valence-electron chi connectivity index (χ3n) is 3.01. The summed E-state index contributed by atoms with van der Waals surface area (Å²) in [7, 11) is 0. The van der Waals surface area contributed by atoms with Crippen LogP contribution in [-0.2, 0) is 4.79 Å². The number of alkyl halides is 3. The molecule has 1 amide bonds. The van der Waals surface area contributed by atoms with Gasteiger partial charge in [0.15, 0.2) is 0 Å². The summed E-state index contributed by atoms with van der Waals surface area (Å²) in [4.78, 5) is 12.6. The normalized spacial score (nSPS) is 22.5. The first-order chi connectivity index (χ1) is 7.93. The van der Waals surface area contributed by atoms with Crippen molar-refractivity contribution in [1.29, 1.82) is 0 Å². The van der Waals surface area contributed by atoms with E-state index in [1.165, 1.54) is 0 Å². The maximum Gasteiger partial charge on any atom is 0.393 e. The number of carbonyl (C=O) groups excluding carboxylic acids is 1. The van der Waals surface area contributed by atoms with Gasteiger partial charge in [-0.25, -0.2) is 5.84 Å². The van der Waals surface area contributed by atoms with Crippen LogP contribution in [0, 0.1) is 5.92 Å². The zero-order valence-corrected chi connectivity index (χ0v) is 9.59. The highest BCUT2D eigenvalue weighted by Crippen LogP contribution is 2.33. The standard InChI is InChI=1S/C10H18F3N3O/c11-10(12,13)8-3-1-5-16(7-8)6-2-4-9(17)15-14/h8H,1-7,14H2,(H,15,17). The average molecular weight is 253 g/mol. The highest BCUT2D eigenvalue weighted by atomic mass is 19.4. The van der Waals surface area contributed by atoms with Gasteiger partial charge in [-0.3, -0.25) is 10.2 Å². The van der Waals surface area contributed by atoms with E-state index in [9.17, 15) is 18.0 Å². The molecule has 3 N–H and O–H groups in total. The van der Waals surface area contributed by atoms with Crippen LogP contribution in [0.2, 0.25) is 0 Å². The number of rotatable bonds is 4. The summed E-state index contributed by atoms with van der Waals surface area (Å²) in [6, 6.07) is 0. The number of nitrogens with zero attached hydrogens (tertiary/aromatic N) is 1. The van der Waals surface area contributed by atoms with E-state index >= 15 is 0 Å². The molecule has 1 saturated heterocycles. The molecule has 0 aromatic heterocycles. The molecule has 0 radical (unpaired) electrons. The number of hydrazine groups is 1. The van der Waals surface area contributed by atoms with Crippen LogP contribution in [0.1, 0.15) is 25.7 Å². The Morgan fingerprint density at radius 3 is 2.76 bits per heavy atom. The summed E-state index contributed by atoms with van der Waals surface area (Å²) >= 11 is 0. The molecule has 1 aliphatic heterocycles. The highest BCUT2D eigenvalue weighted by molar-refractivity contribution is 5.75. The van der Waals surface area contributed by atoms with Crippen LogP contribution < -0.4 is 11.3 Å².